The van der Waals surface area contributed by atoms with Crippen LogP contribution in [0.3, 0.4) is 0 Å². The fraction of sp³-hybridized carbons (Fsp3) is 0. The minimum Gasteiger partial charge on any atom is -0.303 e. The van der Waals surface area contributed by atoms with Crippen LogP contribution in [0.2, 0.25) is 0 Å². The van der Waals surface area contributed by atoms with Gasteiger partial charge in [0.1, 0.15) is 0 Å². The Labute approximate surface area is 45.7 Å². The molecule has 0 aromatic carbocycles. The third-order valence-corrected chi connectivity index (χ3v) is 0. The zero-order valence-electron chi connectivity index (χ0n) is 2.64. The molecule has 6 heavy (non-hydrogen) atoms. The molecule has 0 unspecified atom stereocenters. The van der Waals surface area contributed by atoms with Gasteiger partial charge in [-0.05, 0) is 0 Å². The normalized spacial score (nSPS) is 9.83. The molecule has 0 atom stereocenters. The van der Waals surface area contributed by atoms with Crippen LogP contribution in [0.5, 0.6) is 0 Å². The van der Waals surface area contributed by atoms with Gasteiger partial charge in [0.15, 0.2) is 0 Å². The third-order valence-electron chi connectivity index (χ3n) is 0. The third kappa shape index (κ3) is 141. The monoisotopic (exact) mass is 173 g/mol. The van der Waals surface area contributed by atoms with Gasteiger partial charge >= 0.3 is 7.82 Å². The van der Waals surface area contributed by atoms with Crippen molar-refractivity contribution in [3.8, 4) is 0 Å². The van der Waals surface area contributed by atoms with Crippen molar-refractivity contribution in [2.75, 3.05) is 0 Å². The van der Waals surface area contributed by atoms with Crippen LogP contribution < -0.4 is 0 Å². The fourth-order valence-electron chi connectivity index (χ4n) is 0. The molecule has 37 valence electrons. The zero-order valence-corrected chi connectivity index (χ0v) is 5.42. The molecular formula is H3AsO4P. The van der Waals surface area contributed by atoms with Crippen molar-refractivity contribution in [2.24, 2.45) is 0 Å². The fourth-order valence-corrected chi connectivity index (χ4v) is 0. The van der Waals surface area contributed by atoms with Crippen molar-refractivity contribution in [3.05, 3.63) is 0 Å². The van der Waals surface area contributed by atoms with Crippen LogP contribution in [0.1, 0.15) is 0 Å². The molecule has 0 aromatic rings. The van der Waals surface area contributed by atoms with E-state index in [1.807, 2.05) is 0 Å². The summed E-state index contributed by atoms with van der Waals surface area (Å²) in [5.41, 5.74) is 0. The molecule has 0 bridgehead atoms. The smallest absolute Gasteiger partial charge is 0.303 e. The van der Waals surface area contributed by atoms with E-state index in [0.29, 0.717) is 0 Å². The van der Waals surface area contributed by atoms with Crippen molar-refractivity contribution in [3.63, 3.8) is 0 Å². The number of hydrogen-bond donors (Lipinski definition) is 3. The van der Waals surface area contributed by atoms with Crippen molar-refractivity contribution in [2.45, 2.75) is 0 Å². The molecule has 0 saturated heterocycles. The molecule has 0 aromatic heterocycles. The summed E-state index contributed by atoms with van der Waals surface area (Å²) in [6.45, 7) is 0. The van der Waals surface area contributed by atoms with Crippen LogP contribution >= 0.6 is 7.82 Å². The maximum absolute atomic E-state index is 8.88. The van der Waals surface area contributed by atoms with E-state index in [-0.39, 0.29) is 18.0 Å². The second-order valence-corrected chi connectivity index (χ2v) is 1.54. The van der Waals surface area contributed by atoms with Crippen LogP contribution in [-0.2, 0) is 4.57 Å². The molecule has 0 heterocycles. The molecule has 0 amide bonds. The Hall–Kier alpha value is 0.668. The zero-order chi connectivity index (χ0) is 4.50. The molecule has 0 spiro atoms. The average molecular weight is 173 g/mol. The largest absolute Gasteiger partial charge is 0.466 e. The summed E-state index contributed by atoms with van der Waals surface area (Å²) >= 11 is 0. The van der Waals surface area contributed by atoms with Crippen LogP contribution in [0, 0.1) is 0 Å². The summed E-state index contributed by atoms with van der Waals surface area (Å²) in [5.74, 6) is 0. The predicted octanol–water partition coefficient (Wildman–Crippen LogP) is -1.31. The van der Waals surface area contributed by atoms with Crippen LogP contribution in [0.25, 0.3) is 0 Å². The van der Waals surface area contributed by atoms with E-state index in [1.165, 1.54) is 0 Å². The van der Waals surface area contributed by atoms with Gasteiger partial charge in [0.05, 0.1) is 0 Å². The number of hydrogen-bond acceptors (Lipinski definition) is 1. The Morgan fingerprint density at radius 1 is 1.17 bits per heavy atom. The number of phosphoric acid groups is 1. The molecule has 0 rings (SSSR count). The van der Waals surface area contributed by atoms with Crippen LogP contribution in [0.4, 0.5) is 0 Å². The Balaban J connectivity index is 0. The molecule has 0 aliphatic heterocycles. The predicted molar refractivity (Wildman–Crippen MR) is 20.0 cm³/mol. The van der Waals surface area contributed by atoms with Crippen LogP contribution in [0.15, 0.2) is 0 Å². The Morgan fingerprint density at radius 3 is 1.17 bits per heavy atom. The first kappa shape index (κ1) is 9.83. The van der Waals surface area contributed by atoms with Gasteiger partial charge in [-0.3, -0.25) is 0 Å². The van der Waals surface area contributed by atoms with Gasteiger partial charge < -0.3 is 14.7 Å². The summed E-state index contributed by atoms with van der Waals surface area (Å²) in [6, 6.07) is 0. The van der Waals surface area contributed by atoms with E-state index in [1.54, 1.807) is 0 Å². The second-order valence-electron chi connectivity index (χ2n) is 0.513. The van der Waals surface area contributed by atoms with Gasteiger partial charge in [-0.2, -0.15) is 0 Å². The summed E-state index contributed by atoms with van der Waals surface area (Å²) in [5, 5.41) is 0. The first-order valence-corrected chi connectivity index (χ1v) is 2.35. The van der Waals surface area contributed by atoms with Gasteiger partial charge in [-0.25, -0.2) is 4.57 Å². The molecule has 4 nitrogen and oxygen atoms in total. The molecule has 3 N–H and O–H groups in total. The van der Waals surface area contributed by atoms with E-state index in [0.717, 1.165) is 0 Å². The van der Waals surface area contributed by atoms with E-state index in [2.05, 4.69) is 0 Å². The summed E-state index contributed by atoms with van der Waals surface area (Å²) in [4.78, 5) is 21.6. The summed E-state index contributed by atoms with van der Waals surface area (Å²) in [6.07, 6.45) is 0. The quantitative estimate of drug-likeness (QED) is 0.314. The SMILES string of the molecule is O=P(O)(O)O.[As]. The molecule has 3 radical (unpaired) electrons. The van der Waals surface area contributed by atoms with Gasteiger partial charge in [-0.15, -0.1) is 0 Å². The van der Waals surface area contributed by atoms with E-state index in [9.17, 15) is 0 Å². The molecule has 6 heteroatoms. The topological polar surface area (TPSA) is 77.8 Å². The minimum atomic E-state index is -4.64. The van der Waals surface area contributed by atoms with Crippen molar-refractivity contribution >= 4 is 25.8 Å². The number of rotatable bonds is 0. The van der Waals surface area contributed by atoms with E-state index >= 15 is 0 Å². The average Bonchev–Trinajstić information content (AvgIpc) is 0.722. The van der Waals surface area contributed by atoms with Gasteiger partial charge in [0, 0.05) is 18.0 Å². The summed E-state index contributed by atoms with van der Waals surface area (Å²) in [7, 11) is -4.64. The van der Waals surface area contributed by atoms with Crippen molar-refractivity contribution < 1.29 is 19.2 Å². The minimum absolute atomic E-state index is 0. The molecule has 0 aliphatic carbocycles. The Morgan fingerprint density at radius 2 is 1.17 bits per heavy atom. The van der Waals surface area contributed by atoms with Gasteiger partial charge in [0.25, 0.3) is 0 Å². The molecule has 0 saturated carbocycles. The molecular weight excluding hydrogens is 170 g/mol. The maximum Gasteiger partial charge on any atom is 0.466 e. The first-order valence-electron chi connectivity index (χ1n) is 0.783. The second kappa shape index (κ2) is 2.78. The van der Waals surface area contributed by atoms with Crippen molar-refractivity contribution in [1.29, 1.82) is 0 Å². The van der Waals surface area contributed by atoms with E-state index in [4.69, 9.17) is 19.2 Å². The Kier molecular flexibility index (Phi) is 4.55. The first-order chi connectivity index (χ1) is 2.00. The summed E-state index contributed by atoms with van der Waals surface area (Å²) < 4.78 is 8.88. The maximum atomic E-state index is 8.88. The van der Waals surface area contributed by atoms with Gasteiger partial charge in [0.2, 0.25) is 0 Å². The van der Waals surface area contributed by atoms with Crippen molar-refractivity contribution in [1.82, 2.24) is 0 Å². The van der Waals surface area contributed by atoms with Gasteiger partial charge in [-0.1, -0.05) is 0 Å². The Bertz CT molecular complexity index is 53.7. The molecule has 0 fully saturated rings. The molecule has 0 aliphatic rings. The standard InChI is InChI=1S/As.H3O4P/c;1-5(2,3)4/h;(H3,1,2,3,4). The van der Waals surface area contributed by atoms with E-state index < -0.39 is 7.82 Å². The van der Waals surface area contributed by atoms with Crippen LogP contribution in [-0.4, -0.2) is 32.6 Å².